The molecular formula is C28H29F3N4O4S. The Morgan fingerprint density at radius 2 is 1.77 bits per heavy atom. The van der Waals surface area contributed by atoms with Gasteiger partial charge in [0.1, 0.15) is 5.75 Å². The first-order valence-corrected chi connectivity index (χ1v) is 14.3. The second-order valence-corrected chi connectivity index (χ2v) is 11.9. The summed E-state index contributed by atoms with van der Waals surface area (Å²) in [6.45, 7) is 0.558. The van der Waals surface area contributed by atoms with Gasteiger partial charge < -0.3 is 10.1 Å². The number of halogens is 3. The van der Waals surface area contributed by atoms with Crippen molar-refractivity contribution >= 4 is 21.7 Å². The van der Waals surface area contributed by atoms with Crippen molar-refractivity contribution in [3.05, 3.63) is 71.4 Å². The number of benzene rings is 2. The van der Waals surface area contributed by atoms with E-state index < -0.39 is 27.2 Å². The van der Waals surface area contributed by atoms with Crippen LogP contribution in [0.25, 0.3) is 11.3 Å². The number of hydrogen-bond acceptors (Lipinski definition) is 5. The van der Waals surface area contributed by atoms with Crippen LogP contribution in [0.2, 0.25) is 0 Å². The van der Waals surface area contributed by atoms with Gasteiger partial charge in [-0.2, -0.15) is 13.2 Å². The van der Waals surface area contributed by atoms with Gasteiger partial charge in [0.05, 0.1) is 34.6 Å². The summed E-state index contributed by atoms with van der Waals surface area (Å²) >= 11 is 0. The number of aromatic nitrogens is 1. The number of hydrogen-bond donors (Lipinski definition) is 2. The Labute approximate surface area is 230 Å². The van der Waals surface area contributed by atoms with E-state index in [4.69, 9.17) is 9.72 Å². The van der Waals surface area contributed by atoms with Gasteiger partial charge in [0, 0.05) is 24.1 Å². The summed E-state index contributed by atoms with van der Waals surface area (Å²) in [4.78, 5) is 19.8. The quantitative estimate of drug-likeness (QED) is 0.420. The average Bonchev–Trinajstić information content (AvgIpc) is 3.56. The Balaban J connectivity index is 1.43. The number of ether oxygens (including phenoxy) is 1. The Morgan fingerprint density at radius 1 is 1.07 bits per heavy atom. The van der Waals surface area contributed by atoms with Crippen molar-refractivity contribution in [1.82, 2.24) is 15.0 Å². The van der Waals surface area contributed by atoms with Crippen LogP contribution in [-0.2, 0) is 28.2 Å². The molecule has 2 amide bonds. The molecule has 212 valence electrons. The normalized spacial score (nSPS) is 16.3. The summed E-state index contributed by atoms with van der Waals surface area (Å²) in [5.74, 6) is 0.102. The lowest BCUT2D eigenvalue weighted by atomic mass is 9.84. The van der Waals surface area contributed by atoms with Crippen molar-refractivity contribution in [2.24, 2.45) is 0 Å². The van der Waals surface area contributed by atoms with Crippen molar-refractivity contribution in [2.75, 3.05) is 25.6 Å². The summed E-state index contributed by atoms with van der Waals surface area (Å²) in [5.41, 5.74) is 0.835. The van der Waals surface area contributed by atoms with Crippen LogP contribution in [0.4, 0.5) is 23.7 Å². The summed E-state index contributed by atoms with van der Waals surface area (Å²) in [7, 11) is -0.918. The molecule has 0 radical (unpaired) electrons. The lowest BCUT2D eigenvalue weighted by Gasteiger charge is -2.24. The molecule has 2 aromatic carbocycles. The van der Waals surface area contributed by atoms with Crippen LogP contribution < -0.4 is 19.7 Å². The summed E-state index contributed by atoms with van der Waals surface area (Å²) < 4.78 is 73.0. The molecule has 2 aliphatic rings. The zero-order chi connectivity index (χ0) is 28.7. The fourth-order valence-corrected chi connectivity index (χ4v) is 6.32. The molecular weight excluding hydrogens is 545 g/mol. The van der Waals surface area contributed by atoms with Gasteiger partial charge in [0.25, 0.3) is 0 Å². The molecule has 1 aliphatic carbocycles. The molecule has 1 aliphatic heterocycles. The zero-order valence-corrected chi connectivity index (χ0v) is 22.8. The number of rotatable bonds is 6. The number of carbonyl (C=O) groups is 1. The molecule has 12 heteroatoms. The summed E-state index contributed by atoms with van der Waals surface area (Å²) in [6.07, 6.45) is -1.14. The maximum absolute atomic E-state index is 13.9. The standard InChI is InChI=1S/C28H29F3N4O4S/c1-32-40(37,38)20-8-5-18(6-9-20)16-33-26(36)35-17-27(13-3-4-14-27)25-24(35)12-11-23(34-25)21-10-7-19(39-2)15-22(21)28(29,30)31/h5-12,15,32H,3-4,13-14,16-17H2,1-2H3,(H,33,36). The highest BCUT2D eigenvalue weighted by atomic mass is 32.2. The van der Waals surface area contributed by atoms with Crippen LogP contribution in [0.15, 0.2) is 59.5 Å². The van der Waals surface area contributed by atoms with Gasteiger partial charge in [-0.05, 0) is 67.9 Å². The molecule has 1 fully saturated rings. The van der Waals surface area contributed by atoms with E-state index in [1.807, 2.05) is 0 Å². The van der Waals surface area contributed by atoms with E-state index in [2.05, 4.69) is 10.0 Å². The Kier molecular flexibility index (Phi) is 7.26. The second kappa shape index (κ2) is 10.4. The molecule has 0 atom stereocenters. The molecule has 3 aromatic rings. The van der Waals surface area contributed by atoms with E-state index in [1.165, 1.54) is 44.5 Å². The van der Waals surface area contributed by atoms with E-state index in [0.717, 1.165) is 31.7 Å². The van der Waals surface area contributed by atoms with E-state index in [9.17, 15) is 26.4 Å². The lowest BCUT2D eigenvalue weighted by molar-refractivity contribution is -0.137. The van der Waals surface area contributed by atoms with Gasteiger partial charge in [-0.15, -0.1) is 0 Å². The number of amides is 2. The van der Waals surface area contributed by atoms with E-state index in [-0.39, 0.29) is 34.5 Å². The van der Waals surface area contributed by atoms with Crippen LogP contribution in [0.3, 0.4) is 0 Å². The van der Waals surface area contributed by atoms with Crippen LogP contribution in [0, 0.1) is 0 Å². The molecule has 2 N–H and O–H groups in total. The number of anilines is 1. The Hall–Kier alpha value is -3.64. The van der Waals surface area contributed by atoms with Gasteiger partial charge >= 0.3 is 12.2 Å². The van der Waals surface area contributed by atoms with Crippen molar-refractivity contribution in [1.29, 1.82) is 0 Å². The van der Waals surface area contributed by atoms with Crippen LogP contribution in [0.1, 0.15) is 42.5 Å². The molecule has 0 bridgehead atoms. The van der Waals surface area contributed by atoms with Gasteiger partial charge in [-0.25, -0.2) is 22.9 Å². The molecule has 5 rings (SSSR count). The second-order valence-electron chi connectivity index (χ2n) is 10.1. The molecule has 0 unspecified atom stereocenters. The minimum atomic E-state index is -4.60. The van der Waals surface area contributed by atoms with Gasteiger partial charge in [0.2, 0.25) is 10.0 Å². The monoisotopic (exact) mass is 574 g/mol. The number of nitrogens with zero attached hydrogens (tertiary/aromatic N) is 2. The maximum Gasteiger partial charge on any atom is 0.417 e. The number of sulfonamides is 1. The summed E-state index contributed by atoms with van der Waals surface area (Å²) in [5, 5.41) is 2.88. The number of methoxy groups -OCH3 is 1. The number of nitrogens with one attached hydrogen (secondary N) is 2. The first kappa shape index (κ1) is 27.9. The fourth-order valence-electron chi connectivity index (χ4n) is 5.59. The molecule has 2 heterocycles. The zero-order valence-electron chi connectivity index (χ0n) is 22.0. The predicted molar refractivity (Wildman–Crippen MR) is 144 cm³/mol. The van der Waals surface area contributed by atoms with Crippen molar-refractivity contribution in [2.45, 2.75) is 48.7 Å². The van der Waals surface area contributed by atoms with Crippen molar-refractivity contribution < 1.29 is 31.1 Å². The third-order valence-electron chi connectivity index (χ3n) is 7.69. The first-order chi connectivity index (χ1) is 19.0. The van der Waals surface area contributed by atoms with Gasteiger partial charge in [-0.1, -0.05) is 25.0 Å². The largest absolute Gasteiger partial charge is 0.497 e. The number of alkyl halides is 3. The SMILES string of the molecule is CNS(=O)(=O)c1ccc(CNC(=O)N2CC3(CCCC3)c3nc(-c4ccc(OC)cc4C(F)(F)F)ccc32)cc1. The Bertz CT molecular complexity index is 1540. The van der Waals surface area contributed by atoms with Gasteiger partial charge in [-0.3, -0.25) is 4.90 Å². The van der Waals surface area contributed by atoms with Crippen LogP contribution in [0.5, 0.6) is 5.75 Å². The lowest BCUT2D eigenvalue weighted by Crippen LogP contribution is -2.41. The predicted octanol–water partition coefficient (Wildman–Crippen LogP) is 5.23. The topological polar surface area (TPSA) is 101 Å². The van der Waals surface area contributed by atoms with Crippen LogP contribution in [-0.4, -0.2) is 40.1 Å². The smallest absolute Gasteiger partial charge is 0.417 e. The molecule has 0 saturated heterocycles. The third kappa shape index (κ3) is 5.13. The molecule has 40 heavy (non-hydrogen) atoms. The number of fused-ring (bicyclic) bond motifs is 2. The molecule has 1 spiro atoms. The fraction of sp³-hybridized carbons (Fsp3) is 0.357. The van der Waals surface area contributed by atoms with E-state index >= 15 is 0 Å². The minimum Gasteiger partial charge on any atom is -0.497 e. The molecule has 1 saturated carbocycles. The number of carbonyl (C=O) groups excluding carboxylic acids is 1. The van der Waals surface area contributed by atoms with Gasteiger partial charge in [0.15, 0.2) is 0 Å². The van der Waals surface area contributed by atoms with Crippen molar-refractivity contribution in [3.8, 4) is 17.0 Å². The first-order valence-electron chi connectivity index (χ1n) is 12.8. The van der Waals surface area contributed by atoms with Crippen LogP contribution >= 0.6 is 0 Å². The third-order valence-corrected chi connectivity index (χ3v) is 9.12. The molecule has 8 nitrogen and oxygen atoms in total. The average molecular weight is 575 g/mol. The number of urea groups is 1. The highest BCUT2D eigenvalue weighted by molar-refractivity contribution is 7.89. The highest BCUT2D eigenvalue weighted by Gasteiger charge is 2.48. The number of pyridine rings is 1. The molecule has 1 aromatic heterocycles. The van der Waals surface area contributed by atoms with E-state index in [0.29, 0.717) is 23.5 Å². The summed E-state index contributed by atoms with van der Waals surface area (Å²) in [6, 6.07) is 12.8. The van der Waals surface area contributed by atoms with Crippen molar-refractivity contribution in [3.63, 3.8) is 0 Å². The maximum atomic E-state index is 13.9. The minimum absolute atomic E-state index is 0.0455. The Morgan fingerprint density at radius 3 is 2.40 bits per heavy atom. The highest BCUT2D eigenvalue weighted by Crippen LogP contribution is 2.50. The van der Waals surface area contributed by atoms with E-state index in [1.54, 1.807) is 23.1 Å².